The van der Waals surface area contributed by atoms with Crippen molar-refractivity contribution in [3.05, 3.63) is 29.8 Å². The second-order valence-corrected chi connectivity index (χ2v) is 5.21. The first-order chi connectivity index (χ1) is 10.2. The highest BCUT2D eigenvalue weighted by Gasteiger charge is 2.17. The molecule has 0 unspecified atom stereocenters. The number of carbonyl (C=O) groups excluding carboxylic acids is 2. The summed E-state index contributed by atoms with van der Waals surface area (Å²) in [6.07, 6.45) is 0.481. The standard InChI is InChI=1S/C16H22N2O3/c1-2-21-14-5-3-13(4-6-14)15(19)7-8-16(20)18-11-12-9-17-10-12/h3-6,12,17H,2,7-11H2,1H3,(H,18,20). The van der Waals surface area contributed by atoms with E-state index in [4.69, 9.17) is 4.74 Å². The molecule has 5 heteroatoms. The van der Waals surface area contributed by atoms with Gasteiger partial charge in [-0.3, -0.25) is 9.59 Å². The molecular weight excluding hydrogens is 268 g/mol. The Morgan fingerprint density at radius 2 is 1.95 bits per heavy atom. The molecule has 1 aromatic carbocycles. The van der Waals surface area contributed by atoms with Crippen molar-refractivity contribution < 1.29 is 14.3 Å². The number of benzene rings is 1. The maximum absolute atomic E-state index is 12.0. The van der Waals surface area contributed by atoms with Crippen LogP contribution in [-0.2, 0) is 4.79 Å². The number of ketones is 1. The number of rotatable bonds is 8. The minimum absolute atomic E-state index is 0.0153. The number of nitrogens with one attached hydrogen (secondary N) is 2. The molecule has 1 aliphatic heterocycles. The summed E-state index contributed by atoms with van der Waals surface area (Å²) in [5, 5.41) is 6.02. The highest BCUT2D eigenvalue weighted by atomic mass is 16.5. The molecule has 114 valence electrons. The number of ether oxygens (including phenoxy) is 1. The maximum atomic E-state index is 12.0. The Bertz CT molecular complexity index is 481. The molecule has 0 aromatic heterocycles. The fourth-order valence-electron chi connectivity index (χ4n) is 2.11. The molecule has 0 spiro atoms. The molecule has 2 rings (SSSR count). The van der Waals surface area contributed by atoms with Crippen LogP contribution in [0.2, 0.25) is 0 Å². The third-order valence-electron chi connectivity index (χ3n) is 3.52. The van der Waals surface area contributed by atoms with Crippen LogP contribution in [-0.4, -0.2) is 37.9 Å². The molecule has 1 aromatic rings. The van der Waals surface area contributed by atoms with E-state index in [-0.39, 0.29) is 24.5 Å². The van der Waals surface area contributed by atoms with Gasteiger partial charge in [-0.25, -0.2) is 0 Å². The summed E-state index contributed by atoms with van der Waals surface area (Å²) in [5.74, 6) is 1.22. The maximum Gasteiger partial charge on any atom is 0.220 e. The van der Waals surface area contributed by atoms with Crippen molar-refractivity contribution in [3.8, 4) is 5.75 Å². The van der Waals surface area contributed by atoms with Crippen LogP contribution in [0.4, 0.5) is 0 Å². The van der Waals surface area contributed by atoms with Gasteiger partial charge in [0.2, 0.25) is 5.91 Å². The largest absolute Gasteiger partial charge is 0.494 e. The summed E-state index contributed by atoms with van der Waals surface area (Å²) >= 11 is 0. The zero-order valence-corrected chi connectivity index (χ0v) is 12.4. The fourth-order valence-corrected chi connectivity index (χ4v) is 2.11. The van der Waals surface area contributed by atoms with E-state index < -0.39 is 0 Å². The van der Waals surface area contributed by atoms with Crippen LogP contribution in [0.3, 0.4) is 0 Å². The van der Waals surface area contributed by atoms with E-state index in [0.717, 1.165) is 18.8 Å². The third-order valence-corrected chi connectivity index (χ3v) is 3.52. The van der Waals surface area contributed by atoms with Crippen LogP contribution < -0.4 is 15.4 Å². The van der Waals surface area contributed by atoms with E-state index in [1.165, 1.54) is 0 Å². The van der Waals surface area contributed by atoms with Crippen molar-refractivity contribution in [1.29, 1.82) is 0 Å². The molecule has 1 amide bonds. The smallest absolute Gasteiger partial charge is 0.220 e. The van der Waals surface area contributed by atoms with Gasteiger partial charge in [0.25, 0.3) is 0 Å². The zero-order chi connectivity index (χ0) is 15.1. The molecule has 0 atom stereocenters. The third kappa shape index (κ3) is 4.86. The normalized spacial score (nSPS) is 14.3. The average molecular weight is 290 g/mol. The summed E-state index contributed by atoms with van der Waals surface area (Å²) in [5.41, 5.74) is 0.620. The highest BCUT2D eigenvalue weighted by molar-refractivity contribution is 5.98. The summed E-state index contributed by atoms with van der Waals surface area (Å²) in [6, 6.07) is 7.04. The van der Waals surface area contributed by atoms with Gasteiger partial charge in [0.1, 0.15) is 5.75 Å². The van der Waals surface area contributed by atoms with E-state index >= 15 is 0 Å². The minimum Gasteiger partial charge on any atom is -0.494 e. The topological polar surface area (TPSA) is 67.4 Å². The van der Waals surface area contributed by atoms with Gasteiger partial charge >= 0.3 is 0 Å². The molecule has 1 fully saturated rings. The number of carbonyl (C=O) groups is 2. The summed E-state index contributed by atoms with van der Waals surface area (Å²) in [4.78, 5) is 23.7. The molecule has 0 bridgehead atoms. The van der Waals surface area contributed by atoms with Gasteiger partial charge in [-0.05, 0) is 31.2 Å². The van der Waals surface area contributed by atoms with Crippen molar-refractivity contribution in [2.24, 2.45) is 5.92 Å². The zero-order valence-electron chi connectivity index (χ0n) is 12.4. The van der Waals surface area contributed by atoms with Crippen molar-refractivity contribution >= 4 is 11.7 Å². The Balaban J connectivity index is 1.71. The monoisotopic (exact) mass is 290 g/mol. The summed E-state index contributed by atoms with van der Waals surface area (Å²) in [6.45, 7) is 5.14. The van der Waals surface area contributed by atoms with Crippen LogP contribution in [0.15, 0.2) is 24.3 Å². The van der Waals surface area contributed by atoms with Crippen molar-refractivity contribution in [1.82, 2.24) is 10.6 Å². The quantitative estimate of drug-likeness (QED) is 0.710. The van der Waals surface area contributed by atoms with Crippen molar-refractivity contribution in [2.75, 3.05) is 26.2 Å². The highest BCUT2D eigenvalue weighted by Crippen LogP contribution is 2.14. The molecule has 0 aliphatic carbocycles. The predicted octanol–water partition coefficient (Wildman–Crippen LogP) is 1.38. The molecule has 1 saturated heterocycles. The molecule has 0 radical (unpaired) electrons. The van der Waals surface area contributed by atoms with Gasteiger partial charge in [0.15, 0.2) is 5.78 Å². The van der Waals surface area contributed by atoms with E-state index in [1.54, 1.807) is 24.3 Å². The first kappa shape index (κ1) is 15.5. The lowest BCUT2D eigenvalue weighted by atomic mass is 10.0. The Morgan fingerprint density at radius 1 is 1.24 bits per heavy atom. The van der Waals surface area contributed by atoms with Crippen LogP contribution in [0, 0.1) is 5.92 Å². The van der Waals surface area contributed by atoms with Crippen LogP contribution in [0.25, 0.3) is 0 Å². The second-order valence-electron chi connectivity index (χ2n) is 5.21. The number of hydrogen-bond acceptors (Lipinski definition) is 4. The molecule has 1 aliphatic rings. The molecular formula is C16H22N2O3. The first-order valence-electron chi connectivity index (χ1n) is 7.42. The molecule has 1 heterocycles. The van der Waals surface area contributed by atoms with Crippen LogP contribution in [0.1, 0.15) is 30.1 Å². The minimum atomic E-state index is -0.0545. The van der Waals surface area contributed by atoms with Gasteiger partial charge in [0, 0.05) is 44.0 Å². The molecule has 21 heavy (non-hydrogen) atoms. The second kappa shape index (κ2) is 7.78. The van der Waals surface area contributed by atoms with Gasteiger partial charge in [-0.15, -0.1) is 0 Å². The number of Topliss-reactive ketones (excluding diaryl/α,β-unsaturated/α-hetero) is 1. The molecule has 0 saturated carbocycles. The number of hydrogen-bond donors (Lipinski definition) is 2. The average Bonchev–Trinajstić information content (AvgIpc) is 2.44. The van der Waals surface area contributed by atoms with Crippen molar-refractivity contribution in [3.63, 3.8) is 0 Å². The fraction of sp³-hybridized carbons (Fsp3) is 0.500. The Morgan fingerprint density at radius 3 is 2.52 bits per heavy atom. The molecule has 2 N–H and O–H groups in total. The molecule has 5 nitrogen and oxygen atoms in total. The van der Waals surface area contributed by atoms with E-state index in [9.17, 15) is 9.59 Å². The SMILES string of the molecule is CCOc1ccc(C(=O)CCC(=O)NCC2CNC2)cc1. The lowest BCUT2D eigenvalue weighted by Crippen LogP contribution is -2.48. The van der Waals surface area contributed by atoms with Crippen molar-refractivity contribution in [2.45, 2.75) is 19.8 Å². The Kier molecular flexibility index (Phi) is 5.75. The predicted molar refractivity (Wildman–Crippen MR) is 80.5 cm³/mol. The van der Waals surface area contributed by atoms with Gasteiger partial charge in [-0.2, -0.15) is 0 Å². The summed E-state index contributed by atoms with van der Waals surface area (Å²) < 4.78 is 5.33. The van der Waals surface area contributed by atoms with Crippen LogP contribution >= 0.6 is 0 Å². The lowest BCUT2D eigenvalue weighted by molar-refractivity contribution is -0.121. The Labute approximate surface area is 125 Å². The van der Waals surface area contributed by atoms with Gasteiger partial charge in [0.05, 0.1) is 6.61 Å². The first-order valence-corrected chi connectivity index (χ1v) is 7.42. The lowest BCUT2D eigenvalue weighted by Gasteiger charge is -2.27. The summed E-state index contributed by atoms with van der Waals surface area (Å²) in [7, 11) is 0. The van der Waals surface area contributed by atoms with E-state index in [1.807, 2.05) is 6.92 Å². The van der Waals surface area contributed by atoms with E-state index in [0.29, 0.717) is 24.6 Å². The van der Waals surface area contributed by atoms with Crippen LogP contribution in [0.5, 0.6) is 5.75 Å². The Hall–Kier alpha value is -1.88. The van der Waals surface area contributed by atoms with Gasteiger partial charge in [-0.1, -0.05) is 0 Å². The van der Waals surface area contributed by atoms with E-state index in [2.05, 4.69) is 10.6 Å². The number of amides is 1. The van der Waals surface area contributed by atoms with Gasteiger partial charge < -0.3 is 15.4 Å².